The summed E-state index contributed by atoms with van der Waals surface area (Å²) in [6, 6.07) is 5.76. The Balaban J connectivity index is 2.18. The zero-order valence-corrected chi connectivity index (χ0v) is 12.5. The van der Waals surface area contributed by atoms with Crippen LogP contribution in [0.25, 0.3) is 0 Å². The van der Waals surface area contributed by atoms with Gasteiger partial charge in [0.25, 0.3) is 0 Å². The highest BCUT2D eigenvalue weighted by atomic mass is 79.9. The third kappa shape index (κ3) is 3.27. The molecule has 2 rings (SSSR count). The Labute approximate surface area is 124 Å². The number of nitrogen functional groups attached to an aromatic ring is 1. The van der Waals surface area contributed by atoms with Crippen molar-refractivity contribution in [1.82, 2.24) is 9.97 Å². The fourth-order valence-electron chi connectivity index (χ4n) is 1.57. The van der Waals surface area contributed by atoms with Gasteiger partial charge in [0.1, 0.15) is 22.9 Å². The number of hydrogen-bond donors (Lipinski definition) is 2. The zero-order valence-electron chi connectivity index (χ0n) is 10.2. The lowest BCUT2D eigenvalue weighted by Gasteiger charge is -2.11. The average molecular weight is 344 g/mol. The highest BCUT2D eigenvalue weighted by Gasteiger charge is 2.08. The van der Waals surface area contributed by atoms with E-state index < -0.39 is 0 Å². The molecule has 0 aliphatic carbocycles. The van der Waals surface area contributed by atoms with Gasteiger partial charge < -0.3 is 15.8 Å². The Morgan fingerprint density at radius 1 is 1.42 bits per heavy atom. The molecule has 7 heteroatoms. The lowest BCUT2D eigenvalue weighted by Crippen LogP contribution is -2.05. The molecule has 0 amide bonds. The second-order valence-electron chi connectivity index (χ2n) is 3.73. The smallest absolute Gasteiger partial charge is 0.150 e. The standard InChI is InChI=1S/C12H12BrClN4O/c1-19-9-3-2-8(13)4-7(9)5-16-12-10(14)11(15)17-6-18-12/h2-4,6H,5H2,1H3,(H3,15,16,17,18). The number of rotatable bonds is 4. The number of ether oxygens (including phenoxy) is 1. The normalized spacial score (nSPS) is 10.3. The first-order valence-electron chi connectivity index (χ1n) is 5.44. The molecule has 0 spiro atoms. The molecule has 1 aromatic carbocycles. The molecule has 5 nitrogen and oxygen atoms in total. The summed E-state index contributed by atoms with van der Waals surface area (Å²) in [5, 5.41) is 3.42. The van der Waals surface area contributed by atoms with Crippen LogP contribution in [-0.4, -0.2) is 17.1 Å². The molecule has 100 valence electrons. The fourth-order valence-corrected chi connectivity index (χ4v) is 2.14. The van der Waals surface area contributed by atoms with Crippen molar-refractivity contribution < 1.29 is 4.74 Å². The van der Waals surface area contributed by atoms with Gasteiger partial charge in [0.05, 0.1) is 7.11 Å². The molecule has 0 aliphatic rings. The second kappa shape index (κ2) is 6.08. The number of hydrogen-bond acceptors (Lipinski definition) is 5. The van der Waals surface area contributed by atoms with Crippen LogP contribution >= 0.6 is 27.5 Å². The van der Waals surface area contributed by atoms with Gasteiger partial charge in [0.15, 0.2) is 5.82 Å². The molecule has 19 heavy (non-hydrogen) atoms. The van der Waals surface area contributed by atoms with Gasteiger partial charge in [-0.1, -0.05) is 27.5 Å². The summed E-state index contributed by atoms with van der Waals surface area (Å²) < 4.78 is 6.26. The van der Waals surface area contributed by atoms with Crippen molar-refractivity contribution in [3.8, 4) is 5.75 Å². The molecule has 0 fully saturated rings. The van der Waals surface area contributed by atoms with Crippen molar-refractivity contribution in [3.05, 3.63) is 39.6 Å². The molecule has 0 aliphatic heterocycles. The van der Waals surface area contributed by atoms with Crippen molar-refractivity contribution >= 4 is 39.2 Å². The SMILES string of the molecule is COc1ccc(Br)cc1CNc1ncnc(N)c1Cl. The van der Waals surface area contributed by atoms with Gasteiger partial charge in [-0.2, -0.15) is 0 Å². The highest BCUT2D eigenvalue weighted by molar-refractivity contribution is 9.10. The first-order chi connectivity index (χ1) is 9.11. The van der Waals surface area contributed by atoms with E-state index >= 15 is 0 Å². The Morgan fingerprint density at radius 2 is 2.21 bits per heavy atom. The van der Waals surface area contributed by atoms with Gasteiger partial charge in [-0.05, 0) is 18.2 Å². The van der Waals surface area contributed by atoms with E-state index in [2.05, 4.69) is 31.2 Å². The third-order valence-electron chi connectivity index (χ3n) is 2.51. The minimum absolute atomic E-state index is 0.250. The largest absolute Gasteiger partial charge is 0.496 e. The zero-order chi connectivity index (χ0) is 13.8. The van der Waals surface area contributed by atoms with Crippen molar-refractivity contribution in [2.24, 2.45) is 0 Å². The number of benzene rings is 1. The van der Waals surface area contributed by atoms with Crippen LogP contribution in [0.2, 0.25) is 5.02 Å². The number of nitrogens with one attached hydrogen (secondary N) is 1. The average Bonchev–Trinajstić information content (AvgIpc) is 2.40. The van der Waals surface area contributed by atoms with E-state index in [9.17, 15) is 0 Å². The Morgan fingerprint density at radius 3 is 2.95 bits per heavy atom. The first kappa shape index (κ1) is 13.9. The highest BCUT2D eigenvalue weighted by Crippen LogP contribution is 2.26. The molecule has 0 unspecified atom stereocenters. The summed E-state index contributed by atoms with van der Waals surface area (Å²) in [6.07, 6.45) is 1.36. The van der Waals surface area contributed by atoms with E-state index in [-0.39, 0.29) is 5.82 Å². The summed E-state index contributed by atoms with van der Waals surface area (Å²) in [5.74, 6) is 1.53. The van der Waals surface area contributed by atoms with E-state index in [0.29, 0.717) is 17.4 Å². The Bertz CT molecular complexity index is 594. The molecule has 1 aromatic heterocycles. The van der Waals surface area contributed by atoms with Crippen molar-refractivity contribution in [2.45, 2.75) is 6.54 Å². The maximum absolute atomic E-state index is 6.01. The molecule has 0 bridgehead atoms. The van der Waals surface area contributed by atoms with E-state index in [1.807, 2.05) is 18.2 Å². The van der Waals surface area contributed by atoms with Gasteiger partial charge >= 0.3 is 0 Å². The van der Waals surface area contributed by atoms with Crippen LogP contribution in [0.4, 0.5) is 11.6 Å². The summed E-state index contributed by atoms with van der Waals surface area (Å²) in [4.78, 5) is 7.85. The topological polar surface area (TPSA) is 73.1 Å². The van der Waals surface area contributed by atoms with E-state index in [0.717, 1.165) is 15.8 Å². The van der Waals surface area contributed by atoms with E-state index in [4.69, 9.17) is 22.1 Å². The number of halogens is 2. The fraction of sp³-hybridized carbons (Fsp3) is 0.167. The number of aromatic nitrogens is 2. The number of anilines is 2. The molecule has 3 N–H and O–H groups in total. The van der Waals surface area contributed by atoms with Gasteiger partial charge in [-0.15, -0.1) is 0 Å². The van der Waals surface area contributed by atoms with Gasteiger partial charge in [0, 0.05) is 16.6 Å². The molecule has 0 atom stereocenters. The van der Waals surface area contributed by atoms with Crippen molar-refractivity contribution in [2.75, 3.05) is 18.2 Å². The lowest BCUT2D eigenvalue weighted by atomic mass is 10.2. The maximum Gasteiger partial charge on any atom is 0.150 e. The number of nitrogens with two attached hydrogens (primary N) is 1. The predicted molar refractivity (Wildman–Crippen MR) is 79.5 cm³/mol. The predicted octanol–water partition coefficient (Wildman–Crippen LogP) is 3.10. The number of nitrogens with zero attached hydrogens (tertiary/aromatic N) is 2. The first-order valence-corrected chi connectivity index (χ1v) is 6.61. The van der Waals surface area contributed by atoms with Crippen LogP contribution in [-0.2, 0) is 6.54 Å². The van der Waals surface area contributed by atoms with Gasteiger partial charge in [0.2, 0.25) is 0 Å². The molecular weight excluding hydrogens is 332 g/mol. The van der Waals surface area contributed by atoms with Crippen LogP contribution in [0, 0.1) is 0 Å². The quantitative estimate of drug-likeness (QED) is 0.892. The lowest BCUT2D eigenvalue weighted by molar-refractivity contribution is 0.410. The molecule has 0 radical (unpaired) electrons. The van der Waals surface area contributed by atoms with Crippen molar-refractivity contribution in [3.63, 3.8) is 0 Å². The molecule has 1 heterocycles. The third-order valence-corrected chi connectivity index (χ3v) is 3.37. The monoisotopic (exact) mass is 342 g/mol. The van der Waals surface area contributed by atoms with Crippen LogP contribution in [0.15, 0.2) is 29.0 Å². The van der Waals surface area contributed by atoms with Crippen LogP contribution < -0.4 is 15.8 Å². The summed E-state index contributed by atoms with van der Waals surface area (Å²) >= 11 is 9.43. The van der Waals surface area contributed by atoms with Crippen LogP contribution in [0.3, 0.4) is 0 Å². The molecular formula is C12H12BrClN4O. The number of methoxy groups -OCH3 is 1. The van der Waals surface area contributed by atoms with Crippen LogP contribution in [0.5, 0.6) is 5.75 Å². The summed E-state index contributed by atoms with van der Waals surface area (Å²) in [7, 11) is 1.63. The Hall–Kier alpha value is -1.53. The van der Waals surface area contributed by atoms with E-state index in [1.165, 1.54) is 6.33 Å². The molecule has 0 saturated carbocycles. The minimum atomic E-state index is 0.250. The van der Waals surface area contributed by atoms with E-state index in [1.54, 1.807) is 7.11 Å². The molecule has 0 saturated heterocycles. The second-order valence-corrected chi connectivity index (χ2v) is 5.02. The summed E-state index contributed by atoms with van der Waals surface area (Å²) in [6.45, 7) is 0.513. The van der Waals surface area contributed by atoms with Gasteiger partial charge in [-0.3, -0.25) is 0 Å². The minimum Gasteiger partial charge on any atom is -0.496 e. The summed E-state index contributed by atoms with van der Waals surface area (Å²) in [5.41, 5.74) is 6.59. The van der Waals surface area contributed by atoms with Crippen molar-refractivity contribution in [1.29, 1.82) is 0 Å². The van der Waals surface area contributed by atoms with Gasteiger partial charge in [-0.25, -0.2) is 9.97 Å². The maximum atomic E-state index is 6.01. The Kier molecular flexibility index (Phi) is 4.44. The van der Waals surface area contributed by atoms with Crippen LogP contribution in [0.1, 0.15) is 5.56 Å². The molecule has 2 aromatic rings.